The average molecular weight is 564 g/mol. The van der Waals surface area contributed by atoms with Crippen LogP contribution in [0, 0.1) is 0 Å². The minimum Gasteiger partial charge on any atom is -0.309 e. The Bertz CT molecular complexity index is 2490. The van der Waals surface area contributed by atoms with E-state index in [4.69, 9.17) is 9.97 Å². The van der Waals surface area contributed by atoms with Gasteiger partial charge in [-0.3, -0.25) is 9.38 Å². The first-order valence-electron chi connectivity index (χ1n) is 14.7. The Morgan fingerprint density at radius 2 is 1.25 bits per heavy atom. The maximum atomic E-state index is 5.23. The first-order chi connectivity index (χ1) is 21.8. The minimum atomic E-state index is 0.861. The van der Waals surface area contributed by atoms with Crippen LogP contribution in [0.5, 0.6) is 0 Å². The van der Waals surface area contributed by atoms with Crippen molar-refractivity contribution in [1.82, 2.24) is 23.9 Å². The second-order valence-corrected chi connectivity index (χ2v) is 11.0. The second kappa shape index (κ2) is 9.75. The molecular weight excluding hydrogens is 538 g/mol. The Morgan fingerprint density at radius 3 is 2.16 bits per heavy atom. The number of rotatable bonds is 4. The highest BCUT2D eigenvalue weighted by Crippen LogP contribution is 2.37. The Labute approximate surface area is 253 Å². The van der Waals surface area contributed by atoms with Gasteiger partial charge in [0.1, 0.15) is 11.5 Å². The molecule has 5 heteroatoms. The highest BCUT2D eigenvalue weighted by Gasteiger charge is 2.18. The van der Waals surface area contributed by atoms with Crippen molar-refractivity contribution >= 4 is 38.4 Å². The summed E-state index contributed by atoms with van der Waals surface area (Å²) in [7, 11) is 0. The Kier molecular flexibility index (Phi) is 5.43. The van der Waals surface area contributed by atoms with Gasteiger partial charge in [0.2, 0.25) is 0 Å². The van der Waals surface area contributed by atoms with Gasteiger partial charge in [0.15, 0.2) is 0 Å². The van der Waals surface area contributed by atoms with Crippen molar-refractivity contribution in [2.75, 3.05) is 0 Å². The van der Waals surface area contributed by atoms with Crippen molar-refractivity contribution in [3.63, 3.8) is 0 Å². The molecule has 206 valence electrons. The van der Waals surface area contributed by atoms with Crippen LogP contribution in [0.25, 0.3) is 77.8 Å². The van der Waals surface area contributed by atoms with E-state index >= 15 is 0 Å². The maximum absolute atomic E-state index is 5.23. The van der Waals surface area contributed by atoms with Gasteiger partial charge in [-0.2, -0.15) is 0 Å². The summed E-state index contributed by atoms with van der Waals surface area (Å²) in [6, 6.07) is 47.0. The number of para-hydroxylation sites is 2. The molecule has 5 nitrogen and oxygen atoms in total. The lowest BCUT2D eigenvalue weighted by Crippen LogP contribution is -1.94. The largest absolute Gasteiger partial charge is 0.309 e. The fraction of sp³-hybridized carbons (Fsp3) is 0. The number of benzene rings is 4. The zero-order valence-electron chi connectivity index (χ0n) is 23.7. The molecule has 0 atom stereocenters. The van der Waals surface area contributed by atoms with Crippen LogP contribution in [-0.2, 0) is 0 Å². The van der Waals surface area contributed by atoms with Gasteiger partial charge in [-0.25, -0.2) is 9.97 Å². The van der Waals surface area contributed by atoms with E-state index in [1.165, 1.54) is 21.8 Å². The molecule has 5 aromatic heterocycles. The molecule has 0 aliphatic heterocycles. The summed E-state index contributed by atoms with van der Waals surface area (Å²) in [6.07, 6.45) is 5.46. The first-order valence-corrected chi connectivity index (χ1v) is 14.7. The third-order valence-electron chi connectivity index (χ3n) is 8.46. The predicted octanol–water partition coefficient (Wildman–Crippen LogP) is 9.38. The maximum Gasteiger partial charge on any atom is 0.146 e. The highest BCUT2D eigenvalue weighted by molar-refractivity contribution is 6.10. The Hall–Kier alpha value is -6.07. The Morgan fingerprint density at radius 1 is 0.477 bits per heavy atom. The van der Waals surface area contributed by atoms with Crippen molar-refractivity contribution < 1.29 is 0 Å². The lowest BCUT2D eigenvalue weighted by atomic mass is 10.0. The average Bonchev–Trinajstić information content (AvgIpc) is 3.66. The number of nitrogens with zero attached hydrogens (tertiary/aromatic N) is 5. The molecule has 0 aliphatic rings. The predicted molar refractivity (Wildman–Crippen MR) is 179 cm³/mol. The van der Waals surface area contributed by atoms with E-state index in [0.717, 1.165) is 56.0 Å². The van der Waals surface area contributed by atoms with Crippen molar-refractivity contribution in [3.8, 4) is 39.5 Å². The summed E-state index contributed by atoms with van der Waals surface area (Å²) in [6.45, 7) is 0. The zero-order valence-corrected chi connectivity index (χ0v) is 23.7. The molecule has 0 unspecified atom stereocenters. The molecule has 5 heterocycles. The second-order valence-electron chi connectivity index (χ2n) is 11.0. The van der Waals surface area contributed by atoms with E-state index in [0.29, 0.717) is 0 Å². The van der Waals surface area contributed by atoms with Gasteiger partial charge in [0.05, 0.1) is 22.2 Å². The molecule has 0 spiro atoms. The van der Waals surface area contributed by atoms with Crippen LogP contribution < -0.4 is 0 Å². The van der Waals surface area contributed by atoms with Crippen molar-refractivity contribution in [2.24, 2.45) is 0 Å². The van der Waals surface area contributed by atoms with Gasteiger partial charge in [-0.05, 0) is 83.9 Å². The fourth-order valence-corrected chi connectivity index (χ4v) is 6.46. The molecular formula is C39H25N5. The topological polar surface area (TPSA) is 48.0 Å². The summed E-state index contributed by atoms with van der Waals surface area (Å²) in [5, 5.41) is 3.54. The van der Waals surface area contributed by atoms with Crippen molar-refractivity contribution in [3.05, 3.63) is 152 Å². The third kappa shape index (κ3) is 3.76. The van der Waals surface area contributed by atoms with Crippen LogP contribution in [0.4, 0.5) is 0 Å². The molecule has 44 heavy (non-hydrogen) atoms. The van der Waals surface area contributed by atoms with E-state index < -0.39 is 0 Å². The summed E-state index contributed by atoms with van der Waals surface area (Å²) < 4.78 is 4.53. The summed E-state index contributed by atoms with van der Waals surface area (Å²) in [5.41, 5.74) is 10.7. The van der Waals surface area contributed by atoms with E-state index in [9.17, 15) is 0 Å². The number of hydrogen-bond donors (Lipinski definition) is 0. The summed E-state index contributed by atoms with van der Waals surface area (Å²) in [5.74, 6) is 0.861. The van der Waals surface area contributed by atoms with Crippen molar-refractivity contribution in [2.45, 2.75) is 0 Å². The van der Waals surface area contributed by atoms with Crippen LogP contribution in [0.2, 0.25) is 0 Å². The van der Waals surface area contributed by atoms with E-state index in [1.807, 2.05) is 36.8 Å². The quantitative estimate of drug-likeness (QED) is 0.214. The van der Waals surface area contributed by atoms with E-state index in [-0.39, 0.29) is 0 Å². The van der Waals surface area contributed by atoms with Gasteiger partial charge in [0.25, 0.3) is 0 Å². The van der Waals surface area contributed by atoms with Crippen molar-refractivity contribution in [1.29, 1.82) is 0 Å². The number of pyridine rings is 3. The standard InChI is InChI=1S/C39H25N5/c1-2-11-31(12-3-1)43-34-14-5-4-13-32(34)33-25-29(16-17-35(33)43)28-8-6-9-30(24-28)39-42-37(26-19-22-40-23-20-26)36-18-15-27-10-7-21-41-38(27)44(36)39/h1-25H. The zero-order chi connectivity index (χ0) is 29.0. The molecule has 0 saturated carbocycles. The molecule has 0 bridgehead atoms. The van der Waals surface area contributed by atoms with Gasteiger partial charge in [-0.1, -0.05) is 60.7 Å². The van der Waals surface area contributed by atoms with Crippen LogP contribution >= 0.6 is 0 Å². The van der Waals surface area contributed by atoms with Gasteiger partial charge >= 0.3 is 0 Å². The normalized spacial score (nSPS) is 11.6. The number of fused-ring (bicyclic) bond motifs is 6. The molecule has 4 aromatic carbocycles. The van der Waals surface area contributed by atoms with Gasteiger partial charge in [0, 0.05) is 51.6 Å². The molecule has 0 fully saturated rings. The van der Waals surface area contributed by atoms with Gasteiger partial charge < -0.3 is 4.57 Å². The lowest BCUT2D eigenvalue weighted by Gasteiger charge is -2.09. The highest BCUT2D eigenvalue weighted by atomic mass is 15.1. The van der Waals surface area contributed by atoms with Crippen LogP contribution in [0.3, 0.4) is 0 Å². The molecule has 9 rings (SSSR count). The molecule has 9 aromatic rings. The molecule has 0 N–H and O–H groups in total. The van der Waals surface area contributed by atoms with E-state index in [1.54, 1.807) is 0 Å². The first kappa shape index (κ1) is 24.5. The SMILES string of the molecule is c1ccc(-n2c3ccccc3c3cc(-c4cccc(-c5nc(-c6ccncc6)c6ccc7cccnc7n56)c4)ccc32)cc1. The minimum absolute atomic E-state index is 0.861. The Balaban J connectivity index is 1.25. The fourth-order valence-electron chi connectivity index (χ4n) is 6.46. The molecule has 0 aliphatic carbocycles. The summed E-state index contributed by atoms with van der Waals surface area (Å²) in [4.78, 5) is 14.2. The van der Waals surface area contributed by atoms with E-state index in [2.05, 4.69) is 129 Å². The summed E-state index contributed by atoms with van der Waals surface area (Å²) >= 11 is 0. The third-order valence-corrected chi connectivity index (χ3v) is 8.46. The van der Waals surface area contributed by atoms with Crippen LogP contribution in [-0.4, -0.2) is 23.9 Å². The van der Waals surface area contributed by atoms with Crippen LogP contribution in [0.1, 0.15) is 0 Å². The monoisotopic (exact) mass is 563 g/mol. The number of hydrogen-bond acceptors (Lipinski definition) is 3. The number of aromatic nitrogens is 5. The van der Waals surface area contributed by atoms with Crippen LogP contribution in [0.15, 0.2) is 152 Å². The molecule has 0 radical (unpaired) electrons. The lowest BCUT2D eigenvalue weighted by molar-refractivity contribution is 1.17. The number of imidazole rings is 1. The smallest absolute Gasteiger partial charge is 0.146 e. The van der Waals surface area contributed by atoms with Gasteiger partial charge in [-0.15, -0.1) is 0 Å². The molecule has 0 amide bonds. The molecule has 0 saturated heterocycles.